The molecule has 1 aliphatic rings. The Morgan fingerprint density at radius 3 is 2.85 bits per heavy atom. The van der Waals surface area contributed by atoms with Crippen molar-refractivity contribution in [2.75, 3.05) is 13.1 Å². The van der Waals surface area contributed by atoms with Crippen LogP contribution in [0, 0.1) is 6.92 Å². The zero-order valence-corrected chi connectivity index (χ0v) is 12.7. The number of benzene rings is 1. The van der Waals surface area contributed by atoms with Gasteiger partial charge < -0.3 is 9.88 Å². The number of piperidine rings is 1. The van der Waals surface area contributed by atoms with Crippen molar-refractivity contribution < 1.29 is 0 Å². The van der Waals surface area contributed by atoms with Crippen LogP contribution in [0.1, 0.15) is 49.9 Å². The van der Waals surface area contributed by atoms with Crippen molar-refractivity contribution in [3.05, 3.63) is 29.6 Å². The standard InChI is InChI=1S/C17H25N3/c1-3-4-11-20-16-6-5-13(2)12-15(16)19-17(20)14-7-9-18-10-8-14/h5-6,12,14,18H,3-4,7-11H2,1-2H3. The molecule has 0 atom stereocenters. The Kier molecular flexibility index (Phi) is 4.06. The van der Waals surface area contributed by atoms with Gasteiger partial charge in [0.15, 0.2) is 0 Å². The van der Waals surface area contributed by atoms with Crippen molar-refractivity contribution in [3.8, 4) is 0 Å². The topological polar surface area (TPSA) is 29.9 Å². The maximum absolute atomic E-state index is 4.99. The van der Waals surface area contributed by atoms with Gasteiger partial charge in [-0.3, -0.25) is 0 Å². The quantitative estimate of drug-likeness (QED) is 0.920. The molecule has 1 aliphatic heterocycles. The minimum atomic E-state index is 0.626. The molecule has 1 saturated heterocycles. The van der Waals surface area contributed by atoms with Crippen LogP contribution in [-0.4, -0.2) is 22.6 Å². The fourth-order valence-electron chi connectivity index (χ4n) is 3.20. The summed E-state index contributed by atoms with van der Waals surface area (Å²) in [4.78, 5) is 4.99. The van der Waals surface area contributed by atoms with Crippen LogP contribution >= 0.6 is 0 Å². The molecule has 0 bridgehead atoms. The second-order valence-corrected chi connectivity index (χ2v) is 5.99. The number of nitrogens with one attached hydrogen (secondary N) is 1. The number of hydrogen-bond donors (Lipinski definition) is 1. The number of nitrogens with zero attached hydrogens (tertiary/aromatic N) is 2. The second kappa shape index (κ2) is 5.96. The SMILES string of the molecule is CCCCn1c(C2CCNCC2)nc2cc(C)ccc21. The van der Waals surface area contributed by atoms with Crippen molar-refractivity contribution >= 4 is 11.0 Å². The Morgan fingerprint density at radius 2 is 2.10 bits per heavy atom. The Balaban J connectivity index is 2.03. The molecule has 2 aromatic rings. The third kappa shape index (κ3) is 2.59. The normalized spacial score (nSPS) is 16.9. The molecule has 0 spiro atoms. The highest BCUT2D eigenvalue weighted by atomic mass is 15.1. The van der Waals surface area contributed by atoms with Crippen LogP contribution in [-0.2, 0) is 6.54 Å². The van der Waals surface area contributed by atoms with E-state index in [0.717, 1.165) is 19.6 Å². The number of rotatable bonds is 4. The van der Waals surface area contributed by atoms with E-state index in [4.69, 9.17) is 4.98 Å². The number of unbranched alkanes of at least 4 members (excludes halogenated alkanes) is 1. The summed E-state index contributed by atoms with van der Waals surface area (Å²) in [6, 6.07) is 6.68. The first-order valence-electron chi connectivity index (χ1n) is 7.97. The van der Waals surface area contributed by atoms with Crippen molar-refractivity contribution in [2.24, 2.45) is 0 Å². The van der Waals surface area contributed by atoms with Gasteiger partial charge in [-0.15, -0.1) is 0 Å². The molecule has 0 saturated carbocycles. The summed E-state index contributed by atoms with van der Waals surface area (Å²) in [6.45, 7) is 7.76. The van der Waals surface area contributed by atoms with E-state index >= 15 is 0 Å². The van der Waals surface area contributed by atoms with Crippen LogP contribution in [0.5, 0.6) is 0 Å². The van der Waals surface area contributed by atoms with Gasteiger partial charge in [0.25, 0.3) is 0 Å². The van der Waals surface area contributed by atoms with E-state index in [2.05, 4.69) is 41.9 Å². The highest BCUT2D eigenvalue weighted by molar-refractivity contribution is 5.77. The number of hydrogen-bond acceptors (Lipinski definition) is 2. The summed E-state index contributed by atoms with van der Waals surface area (Å²) in [5, 5.41) is 3.45. The zero-order valence-electron chi connectivity index (χ0n) is 12.7. The van der Waals surface area contributed by atoms with Gasteiger partial charge in [-0.05, 0) is 57.0 Å². The molecular formula is C17H25N3. The van der Waals surface area contributed by atoms with Gasteiger partial charge in [0.1, 0.15) is 5.82 Å². The van der Waals surface area contributed by atoms with Gasteiger partial charge in [-0.2, -0.15) is 0 Å². The predicted octanol–water partition coefficient (Wildman–Crippen LogP) is 3.61. The van der Waals surface area contributed by atoms with Crippen LogP contribution in [0.3, 0.4) is 0 Å². The van der Waals surface area contributed by atoms with E-state index in [1.54, 1.807) is 0 Å². The molecule has 0 radical (unpaired) electrons. The highest BCUT2D eigenvalue weighted by Crippen LogP contribution is 2.29. The first-order chi connectivity index (χ1) is 9.79. The molecule has 0 unspecified atom stereocenters. The average Bonchev–Trinajstić information content (AvgIpc) is 2.83. The Morgan fingerprint density at radius 1 is 1.30 bits per heavy atom. The number of aryl methyl sites for hydroxylation is 2. The summed E-state index contributed by atoms with van der Waals surface area (Å²) in [6.07, 6.45) is 4.90. The molecule has 1 aromatic heterocycles. The maximum atomic E-state index is 4.99. The first-order valence-corrected chi connectivity index (χ1v) is 7.97. The Bertz CT molecular complexity index is 579. The smallest absolute Gasteiger partial charge is 0.113 e. The Hall–Kier alpha value is -1.35. The van der Waals surface area contributed by atoms with Gasteiger partial charge in [-0.25, -0.2) is 4.98 Å². The lowest BCUT2D eigenvalue weighted by molar-refractivity contribution is 0.430. The van der Waals surface area contributed by atoms with Gasteiger partial charge in [0, 0.05) is 12.5 Å². The molecule has 1 fully saturated rings. The Labute approximate surface area is 121 Å². The van der Waals surface area contributed by atoms with E-state index in [9.17, 15) is 0 Å². The molecule has 108 valence electrons. The lowest BCUT2D eigenvalue weighted by Gasteiger charge is -2.23. The van der Waals surface area contributed by atoms with Gasteiger partial charge in [0.05, 0.1) is 11.0 Å². The summed E-state index contributed by atoms with van der Waals surface area (Å²) in [5.74, 6) is 1.95. The van der Waals surface area contributed by atoms with E-state index in [1.165, 1.54) is 48.1 Å². The number of imidazole rings is 1. The predicted molar refractivity (Wildman–Crippen MR) is 84.2 cm³/mol. The molecule has 0 amide bonds. The third-order valence-corrected chi connectivity index (χ3v) is 4.37. The third-order valence-electron chi connectivity index (χ3n) is 4.37. The molecule has 20 heavy (non-hydrogen) atoms. The summed E-state index contributed by atoms with van der Waals surface area (Å²) in [5.41, 5.74) is 3.79. The van der Waals surface area contributed by atoms with Crippen molar-refractivity contribution in [2.45, 2.75) is 52.0 Å². The van der Waals surface area contributed by atoms with Crippen LogP contribution in [0.15, 0.2) is 18.2 Å². The second-order valence-electron chi connectivity index (χ2n) is 5.99. The summed E-state index contributed by atoms with van der Waals surface area (Å²) < 4.78 is 2.48. The minimum absolute atomic E-state index is 0.626. The lowest BCUT2D eigenvalue weighted by atomic mass is 9.97. The van der Waals surface area contributed by atoms with Crippen LogP contribution in [0.4, 0.5) is 0 Å². The minimum Gasteiger partial charge on any atom is -0.328 e. The molecule has 1 N–H and O–H groups in total. The number of aromatic nitrogens is 2. The van der Waals surface area contributed by atoms with E-state index in [1.807, 2.05) is 0 Å². The average molecular weight is 271 g/mol. The first kappa shape index (κ1) is 13.6. The fraction of sp³-hybridized carbons (Fsp3) is 0.588. The largest absolute Gasteiger partial charge is 0.328 e. The van der Waals surface area contributed by atoms with E-state index in [-0.39, 0.29) is 0 Å². The van der Waals surface area contributed by atoms with Crippen molar-refractivity contribution in [3.63, 3.8) is 0 Å². The maximum Gasteiger partial charge on any atom is 0.113 e. The summed E-state index contributed by atoms with van der Waals surface area (Å²) in [7, 11) is 0. The van der Waals surface area contributed by atoms with Crippen molar-refractivity contribution in [1.82, 2.24) is 14.9 Å². The van der Waals surface area contributed by atoms with Crippen LogP contribution in [0.2, 0.25) is 0 Å². The molecular weight excluding hydrogens is 246 g/mol. The molecule has 1 aromatic carbocycles. The van der Waals surface area contributed by atoms with Crippen molar-refractivity contribution in [1.29, 1.82) is 0 Å². The zero-order chi connectivity index (χ0) is 13.9. The van der Waals surface area contributed by atoms with E-state index < -0.39 is 0 Å². The molecule has 0 aliphatic carbocycles. The highest BCUT2D eigenvalue weighted by Gasteiger charge is 2.22. The summed E-state index contributed by atoms with van der Waals surface area (Å²) >= 11 is 0. The van der Waals surface area contributed by atoms with Crippen LogP contribution in [0.25, 0.3) is 11.0 Å². The van der Waals surface area contributed by atoms with Gasteiger partial charge >= 0.3 is 0 Å². The molecule has 3 rings (SSSR count). The molecule has 3 nitrogen and oxygen atoms in total. The lowest BCUT2D eigenvalue weighted by Crippen LogP contribution is -2.28. The van der Waals surface area contributed by atoms with E-state index in [0.29, 0.717) is 5.92 Å². The van der Waals surface area contributed by atoms with Gasteiger partial charge in [0.2, 0.25) is 0 Å². The monoisotopic (exact) mass is 271 g/mol. The molecule has 3 heteroatoms. The number of fused-ring (bicyclic) bond motifs is 1. The van der Waals surface area contributed by atoms with Gasteiger partial charge in [-0.1, -0.05) is 19.4 Å². The van der Waals surface area contributed by atoms with Crippen LogP contribution < -0.4 is 5.32 Å². The molecule has 2 heterocycles. The fourth-order valence-corrected chi connectivity index (χ4v) is 3.20.